The van der Waals surface area contributed by atoms with Crippen molar-refractivity contribution in [3.05, 3.63) is 124 Å². The minimum Gasteiger partial charge on any atom is -0.618 e. The molecule has 2 aromatic heterocycles. The minimum absolute atomic E-state index is 0.308. The van der Waals surface area contributed by atoms with E-state index in [1.54, 1.807) is 57.2 Å². The summed E-state index contributed by atoms with van der Waals surface area (Å²) in [5.74, 6) is -0.775. The molecule has 198 valence electrons. The van der Waals surface area contributed by atoms with E-state index in [0.29, 0.717) is 50.7 Å². The molecule has 0 spiro atoms. The molecule has 0 fully saturated rings. The van der Waals surface area contributed by atoms with Crippen LogP contribution in [0.25, 0.3) is 22.2 Å². The first kappa shape index (κ1) is 26.4. The number of H-pyrrole nitrogens is 1. The third-order valence-electron chi connectivity index (χ3n) is 6.29. The molecule has 0 saturated carbocycles. The van der Waals surface area contributed by atoms with Crippen molar-refractivity contribution >= 4 is 28.6 Å². The minimum atomic E-state index is -0.684. The van der Waals surface area contributed by atoms with E-state index in [2.05, 4.69) is 9.97 Å². The number of pyridine rings is 1. The molecule has 0 amide bonds. The van der Waals surface area contributed by atoms with Gasteiger partial charge in [-0.25, -0.2) is 14.2 Å². The number of fused-ring (bicyclic) bond motifs is 1. The summed E-state index contributed by atoms with van der Waals surface area (Å²) in [7, 11) is 0. The molecular weight excluding hydrogens is 517 g/mol. The summed E-state index contributed by atoms with van der Waals surface area (Å²) in [4.78, 5) is 20.8. The Kier molecular flexibility index (Phi) is 7.10. The fourth-order valence-electron chi connectivity index (χ4n) is 4.55. The highest BCUT2D eigenvalue weighted by Gasteiger charge is 2.28. The van der Waals surface area contributed by atoms with Crippen molar-refractivity contribution in [2.75, 3.05) is 0 Å². The molecule has 0 bridgehead atoms. The average Bonchev–Trinajstić information content (AvgIpc) is 3.30. The molecule has 6 nitrogen and oxygen atoms in total. The maximum atomic E-state index is 13.9. The second-order valence-electron chi connectivity index (χ2n) is 10.4. The highest BCUT2D eigenvalue weighted by atomic mass is 35.5. The van der Waals surface area contributed by atoms with Crippen LogP contribution in [0.1, 0.15) is 54.1 Å². The molecule has 3 aromatic carbocycles. The number of esters is 1. The van der Waals surface area contributed by atoms with Crippen LogP contribution in [0, 0.1) is 11.0 Å². The van der Waals surface area contributed by atoms with Gasteiger partial charge in [0.2, 0.25) is 5.69 Å². The summed E-state index contributed by atoms with van der Waals surface area (Å²) >= 11 is 6.27. The predicted molar refractivity (Wildman–Crippen MR) is 149 cm³/mol. The fraction of sp³-hybridized carbons (Fsp3) is 0.194. The van der Waals surface area contributed by atoms with E-state index in [4.69, 9.17) is 16.3 Å². The fourth-order valence-corrected chi connectivity index (χ4v) is 4.72. The van der Waals surface area contributed by atoms with Crippen LogP contribution in [0.5, 0.6) is 0 Å². The van der Waals surface area contributed by atoms with Crippen LogP contribution in [-0.2, 0) is 11.2 Å². The number of hydrogen-bond acceptors (Lipinski definition) is 4. The monoisotopic (exact) mass is 543 g/mol. The van der Waals surface area contributed by atoms with Crippen LogP contribution in [-0.4, -0.2) is 21.5 Å². The second-order valence-corrected chi connectivity index (χ2v) is 10.8. The van der Waals surface area contributed by atoms with Gasteiger partial charge in [-0.05, 0) is 75.2 Å². The van der Waals surface area contributed by atoms with Gasteiger partial charge in [0.15, 0.2) is 6.20 Å². The largest absolute Gasteiger partial charge is 0.618 e. The Balaban J connectivity index is 1.58. The summed E-state index contributed by atoms with van der Waals surface area (Å²) < 4.78 is 20.2. The number of hydrogen-bond donors (Lipinski definition) is 1. The third-order valence-corrected chi connectivity index (χ3v) is 6.52. The molecule has 1 atom stereocenters. The molecule has 8 heteroatoms. The van der Waals surface area contributed by atoms with Gasteiger partial charge in [-0.1, -0.05) is 41.9 Å². The smallest absolute Gasteiger partial charge is 0.339 e. The number of ether oxygens (including phenoxy) is 1. The summed E-state index contributed by atoms with van der Waals surface area (Å²) in [6.07, 6.45) is 1.92. The number of carbonyl (C=O) groups is 1. The van der Waals surface area contributed by atoms with E-state index in [1.807, 2.05) is 30.3 Å². The van der Waals surface area contributed by atoms with Crippen molar-refractivity contribution in [3.63, 3.8) is 0 Å². The lowest BCUT2D eigenvalue weighted by Gasteiger charge is -2.21. The highest BCUT2D eigenvalue weighted by Crippen LogP contribution is 2.31. The molecule has 0 aliphatic rings. The summed E-state index contributed by atoms with van der Waals surface area (Å²) in [5.41, 5.74) is 3.26. The number of imidazole rings is 1. The predicted octanol–water partition coefficient (Wildman–Crippen LogP) is 6.99. The Morgan fingerprint density at radius 3 is 2.56 bits per heavy atom. The van der Waals surface area contributed by atoms with Gasteiger partial charge in [0, 0.05) is 22.2 Å². The van der Waals surface area contributed by atoms with E-state index in [-0.39, 0.29) is 5.82 Å². The zero-order valence-corrected chi connectivity index (χ0v) is 22.5. The van der Waals surface area contributed by atoms with E-state index >= 15 is 0 Å². The molecule has 0 aliphatic carbocycles. The van der Waals surface area contributed by atoms with Gasteiger partial charge in [-0.2, -0.15) is 4.73 Å². The maximum Gasteiger partial charge on any atom is 0.339 e. The number of halogens is 2. The second kappa shape index (κ2) is 10.5. The molecule has 5 aromatic rings. The lowest BCUT2D eigenvalue weighted by Crippen LogP contribution is -2.34. The first-order chi connectivity index (χ1) is 18.6. The third kappa shape index (κ3) is 5.94. The first-order valence-corrected chi connectivity index (χ1v) is 12.9. The molecule has 0 radical (unpaired) electrons. The van der Waals surface area contributed by atoms with Gasteiger partial charge in [0.1, 0.15) is 23.2 Å². The Hall–Kier alpha value is -4.23. The summed E-state index contributed by atoms with van der Waals surface area (Å²) in [5, 5.41) is 14.0. The normalized spacial score (nSPS) is 12.4. The number of rotatable bonds is 6. The number of aromatic amines is 1. The van der Waals surface area contributed by atoms with Crippen LogP contribution in [0.2, 0.25) is 5.02 Å². The molecule has 1 N–H and O–H groups in total. The van der Waals surface area contributed by atoms with E-state index < -0.39 is 17.5 Å². The van der Waals surface area contributed by atoms with Crippen molar-refractivity contribution in [1.29, 1.82) is 0 Å². The van der Waals surface area contributed by atoms with Crippen LogP contribution >= 0.6 is 11.6 Å². The quantitative estimate of drug-likeness (QED) is 0.142. The van der Waals surface area contributed by atoms with E-state index in [0.717, 1.165) is 10.3 Å². The summed E-state index contributed by atoms with van der Waals surface area (Å²) in [6.45, 7) is 5.38. The lowest BCUT2D eigenvalue weighted by atomic mass is 9.93. The van der Waals surface area contributed by atoms with Gasteiger partial charge in [0.05, 0.1) is 16.6 Å². The molecule has 5 rings (SSSR count). The van der Waals surface area contributed by atoms with Crippen molar-refractivity contribution in [1.82, 2.24) is 9.97 Å². The summed E-state index contributed by atoms with van der Waals surface area (Å²) in [6, 6.07) is 22.5. The molecule has 0 aliphatic heterocycles. The molecule has 1 unspecified atom stereocenters. The van der Waals surface area contributed by atoms with Crippen LogP contribution < -0.4 is 4.73 Å². The highest BCUT2D eigenvalue weighted by molar-refractivity contribution is 6.31. The maximum absolute atomic E-state index is 13.9. The Morgan fingerprint density at radius 2 is 1.85 bits per heavy atom. The van der Waals surface area contributed by atoms with Crippen LogP contribution in [0.4, 0.5) is 4.39 Å². The number of aromatic nitrogens is 3. The van der Waals surface area contributed by atoms with Gasteiger partial charge in [-0.15, -0.1) is 0 Å². The number of benzene rings is 3. The van der Waals surface area contributed by atoms with Crippen LogP contribution in [0.15, 0.2) is 85.1 Å². The zero-order chi connectivity index (χ0) is 27.7. The van der Waals surface area contributed by atoms with Gasteiger partial charge in [-0.3, -0.25) is 0 Å². The Bertz CT molecular complexity index is 1660. The van der Waals surface area contributed by atoms with Gasteiger partial charge >= 0.3 is 5.97 Å². The number of nitrogens with zero attached hydrogens (tertiary/aromatic N) is 2. The van der Waals surface area contributed by atoms with Gasteiger partial charge in [0.25, 0.3) is 0 Å². The van der Waals surface area contributed by atoms with Gasteiger partial charge < -0.3 is 14.9 Å². The molecule has 39 heavy (non-hydrogen) atoms. The van der Waals surface area contributed by atoms with E-state index in [1.165, 1.54) is 18.3 Å². The molecule has 0 saturated heterocycles. The number of carbonyl (C=O) groups excluding carboxylic acids is 1. The van der Waals surface area contributed by atoms with Crippen molar-refractivity contribution in [2.45, 2.75) is 38.7 Å². The molecular formula is C31H27ClFN3O3. The average molecular weight is 544 g/mol. The number of nitrogens with one attached hydrogen (secondary N) is 1. The SMILES string of the molecule is CC(C)(C)OC(=O)c1ccc(Cl)cc1-c1ccc(C(Cc2ccccc2)c2nc3ccc(F)cc3[nH]2)[n+]([O-])c1. The van der Waals surface area contributed by atoms with E-state index in [9.17, 15) is 14.4 Å². The van der Waals surface area contributed by atoms with Crippen molar-refractivity contribution in [3.8, 4) is 11.1 Å². The van der Waals surface area contributed by atoms with Crippen molar-refractivity contribution in [2.24, 2.45) is 0 Å². The van der Waals surface area contributed by atoms with Crippen molar-refractivity contribution < 1.29 is 18.7 Å². The Labute approximate surface area is 230 Å². The Morgan fingerprint density at radius 1 is 1.08 bits per heavy atom. The molecule has 2 heterocycles. The zero-order valence-electron chi connectivity index (χ0n) is 21.7. The lowest BCUT2D eigenvalue weighted by molar-refractivity contribution is -0.614. The topological polar surface area (TPSA) is 81.9 Å². The van der Waals surface area contributed by atoms with Crippen LogP contribution in [0.3, 0.4) is 0 Å². The standard InChI is InChI=1S/C31H27ClFN3O3/c1-31(2,3)39-30(37)23-12-10-21(32)16-24(23)20-9-14-28(36(38)18-20)25(15-19-7-5-4-6-8-19)29-34-26-13-11-22(33)17-27(26)35-29/h4-14,16-18,25H,15H2,1-3H3,(H,34,35). The first-order valence-electron chi connectivity index (χ1n) is 12.5.